The van der Waals surface area contributed by atoms with Crippen LogP contribution in [-0.4, -0.2) is 5.91 Å². The average Bonchev–Trinajstić information content (AvgIpc) is 2.90. The van der Waals surface area contributed by atoms with Crippen LogP contribution in [0.1, 0.15) is 11.3 Å². The van der Waals surface area contributed by atoms with E-state index in [4.69, 9.17) is 16.0 Å². The van der Waals surface area contributed by atoms with E-state index in [0.717, 1.165) is 18.2 Å². The first-order chi connectivity index (χ1) is 9.86. The van der Waals surface area contributed by atoms with Gasteiger partial charge in [0.05, 0.1) is 16.8 Å². The summed E-state index contributed by atoms with van der Waals surface area (Å²) in [5, 5.41) is 1.89. The van der Waals surface area contributed by atoms with Crippen molar-refractivity contribution in [1.82, 2.24) is 0 Å². The number of benzene rings is 1. The predicted octanol–water partition coefficient (Wildman–Crippen LogP) is 4.60. The fraction of sp³-hybridized carbons (Fsp3) is 0.0714. The number of anilines is 1. The summed E-state index contributed by atoms with van der Waals surface area (Å²) >= 11 is 5.49. The van der Waals surface area contributed by atoms with Crippen LogP contribution in [0.25, 0.3) is 6.08 Å². The molecule has 3 nitrogen and oxygen atoms in total. The Morgan fingerprint density at radius 3 is 2.67 bits per heavy atom. The van der Waals surface area contributed by atoms with Crippen molar-refractivity contribution in [2.24, 2.45) is 0 Å². The molecular weight excluding hydrogens is 307 g/mol. The van der Waals surface area contributed by atoms with Gasteiger partial charge in [-0.2, -0.15) is 13.2 Å². The second kappa shape index (κ2) is 6.05. The van der Waals surface area contributed by atoms with E-state index >= 15 is 0 Å². The highest BCUT2D eigenvalue weighted by Crippen LogP contribution is 2.36. The van der Waals surface area contributed by atoms with Crippen LogP contribution in [0.5, 0.6) is 0 Å². The smallest absolute Gasteiger partial charge is 0.417 e. The van der Waals surface area contributed by atoms with Gasteiger partial charge in [-0.15, -0.1) is 0 Å². The van der Waals surface area contributed by atoms with E-state index < -0.39 is 22.7 Å². The van der Waals surface area contributed by atoms with Gasteiger partial charge >= 0.3 is 6.18 Å². The molecule has 1 amide bonds. The first-order valence-corrected chi connectivity index (χ1v) is 6.13. The normalized spacial score (nSPS) is 11.8. The second-order valence-corrected chi connectivity index (χ2v) is 4.44. The number of hydrogen-bond acceptors (Lipinski definition) is 2. The third kappa shape index (κ3) is 4.13. The van der Waals surface area contributed by atoms with Crippen molar-refractivity contribution in [3.05, 3.63) is 59.0 Å². The summed E-state index contributed by atoms with van der Waals surface area (Å²) in [5.74, 6) is -0.126. The molecule has 21 heavy (non-hydrogen) atoms. The first kappa shape index (κ1) is 15.2. The van der Waals surface area contributed by atoms with Gasteiger partial charge in [0.15, 0.2) is 0 Å². The van der Waals surface area contributed by atoms with Gasteiger partial charge in [0.1, 0.15) is 5.76 Å². The summed E-state index contributed by atoms with van der Waals surface area (Å²) in [6.07, 6.45) is -0.592. The molecule has 0 radical (unpaired) electrons. The van der Waals surface area contributed by atoms with Gasteiger partial charge in [-0.1, -0.05) is 11.6 Å². The van der Waals surface area contributed by atoms with Crippen LogP contribution in [0.2, 0.25) is 5.02 Å². The number of carbonyl (C=O) groups is 1. The maximum absolute atomic E-state index is 12.7. The van der Waals surface area contributed by atoms with Crippen molar-refractivity contribution in [3.63, 3.8) is 0 Å². The fourth-order valence-electron chi connectivity index (χ4n) is 1.55. The molecule has 2 aromatic rings. The van der Waals surface area contributed by atoms with E-state index in [-0.39, 0.29) is 5.69 Å². The molecule has 0 bridgehead atoms. The third-order valence-corrected chi connectivity index (χ3v) is 2.81. The standard InChI is InChI=1S/C14H9ClF3NO2/c15-12-5-3-9(8-11(12)14(16,17)18)19-13(20)6-4-10-2-1-7-21-10/h1-8H,(H,19,20)/b6-4+. The molecule has 0 unspecified atom stereocenters. The number of hydrogen-bond donors (Lipinski definition) is 1. The van der Waals surface area contributed by atoms with E-state index in [1.807, 2.05) is 0 Å². The Labute approximate surface area is 123 Å². The van der Waals surface area contributed by atoms with Gasteiger partial charge in [-0.3, -0.25) is 4.79 Å². The minimum Gasteiger partial charge on any atom is -0.465 e. The molecule has 1 aromatic heterocycles. The summed E-state index contributed by atoms with van der Waals surface area (Å²) in [4.78, 5) is 11.6. The van der Waals surface area contributed by atoms with Crippen LogP contribution in [0, 0.1) is 0 Å². The number of furan rings is 1. The summed E-state index contributed by atoms with van der Waals surface area (Å²) in [6, 6.07) is 6.42. The molecule has 0 aliphatic heterocycles. The highest BCUT2D eigenvalue weighted by Gasteiger charge is 2.33. The minimum atomic E-state index is -4.58. The lowest BCUT2D eigenvalue weighted by molar-refractivity contribution is -0.137. The number of carbonyl (C=O) groups excluding carboxylic acids is 1. The molecule has 110 valence electrons. The lowest BCUT2D eigenvalue weighted by atomic mass is 10.2. The van der Waals surface area contributed by atoms with E-state index in [0.29, 0.717) is 5.76 Å². The Kier molecular flexibility index (Phi) is 4.37. The topological polar surface area (TPSA) is 42.2 Å². The Balaban J connectivity index is 2.11. The Bertz CT molecular complexity index is 663. The predicted molar refractivity (Wildman–Crippen MR) is 72.8 cm³/mol. The summed E-state index contributed by atoms with van der Waals surface area (Å²) < 4.78 is 43.0. The van der Waals surface area contributed by atoms with Crippen molar-refractivity contribution in [3.8, 4) is 0 Å². The van der Waals surface area contributed by atoms with E-state index in [1.165, 1.54) is 18.4 Å². The molecule has 0 saturated carbocycles. The third-order valence-electron chi connectivity index (χ3n) is 2.48. The molecule has 0 aliphatic carbocycles. The zero-order chi connectivity index (χ0) is 15.5. The molecular formula is C14H9ClF3NO2. The van der Waals surface area contributed by atoms with Gasteiger partial charge in [-0.25, -0.2) is 0 Å². The van der Waals surface area contributed by atoms with E-state index in [2.05, 4.69) is 5.32 Å². The van der Waals surface area contributed by atoms with Gasteiger partial charge in [0, 0.05) is 11.8 Å². The summed E-state index contributed by atoms with van der Waals surface area (Å²) in [7, 11) is 0. The quantitative estimate of drug-likeness (QED) is 0.841. The SMILES string of the molecule is O=C(/C=C/c1ccco1)Nc1ccc(Cl)c(C(F)(F)F)c1. The van der Waals surface area contributed by atoms with Gasteiger partial charge in [0.25, 0.3) is 0 Å². The Morgan fingerprint density at radius 2 is 2.05 bits per heavy atom. The zero-order valence-corrected chi connectivity index (χ0v) is 11.2. The number of alkyl halides is 3. The Morgan fingerprint density at radius 1 is 1.29 bits per heavy atom. The van der Waals surface area contributed by atoms with E-state index in [9.17, 15) is 18.0 Å². The molecule has 0 saturated heterocycles. The minimum absolute atomic E-state index is 0.000759. The lowest BCUT2D eigenvalue weighted by Crippen LogP contribution is -2.10. The molecule has 1 N–H and O–H groups in total. The maximum Gasteiger partial charge on any atom is 0.417 e. The van der Waals surface area contributed by atoms with Crippen LogP contribution >= 0.6 is 11.6 Å². The number of nitrogens with one attached hydrogen (secondary N) is 1. The largest absolute Gasteiger partial charge is 0.465 e. The van der Waals surface area contributed by atoms with Gasteiger partial charge in [0.2, 0.25) is 5.91 Å². The molecule has 2 rings (SSSR count). The molecule has 0 fully saturated rings. The van der Waals surface area contributed by atoms with Crippen LogP contribution < -0.4 is 5.32 Å². The maximum atomic E-state index is 12.7. The molecule has 0 aliphatic rings. The van der Waals surface area contributed by atoms with Crippen molar-refractivity contribution in [1.29, 1.82) is 0 Å². The van der Waals surface area contributed by atoms with Crippen molar-refractivity contribution in [2.75, 3.05) is 5.32 Å². The summed E-state index contributed by atoms with van der Waals surface area (Å²) in [6.45, 7) is 0. The molecule has 0 spiro atoms. The summed E-state index contributed by atoms with van der Waals surface area (Å²) in [5.41, 5.74) is -1.00. The molecule has 7 heteroatoms. The number of halogens is 4. The number of amides is 1. The van der Waals surface area contributed by atoms with Crippen LogP contribution in [-0.2, 0) is 11.0 Å². The van der Waals surface area contributed by atoms with Crippen LogP contribution in [0.15, 0.2) is 47.1 Å². The highest BCUT2D eigenvalue weighted by molar-refractivity contribution is 6.31. The van der Waals surface area contributed by atoms with Crippen LogP contribution in [0.3, 0.4) is 0 Å². The molecule has 1 heterocycles. The first-order valence-electron chi connectivity index (χ1n) is 5.75. The average molecular weight is 316 g/mol. The fourth-order valence-corrected chi connectivity index (χ4v) is 1.77. The van der Waals surface area contributed by atoms with E-state index in [1.54, 1.807) is 12.1 Å². The van der Waals surface area contributed by atoms with Gasteiger partial charge in [-0.05, 0) is 36.4 Å². The lowest BCUT2D eigenvalue weighted by Gasteiger charge is -2.11. The molecule has 0 atom stereocenters. The van der Waals surface area contributed by atoms with Crippen LogP contribution in [0.4, 0.5) is 18.9 Å². The highest BCUT2D eigenvalue weighted by atomic mass is 35.5. The zero-order valence-electron chi connectivity index (χ0n) is 10.4. The molecule has 1 aromatic carbocycles. The van der Waals surface area contributed by atoms with Gasteiger partial charge < -0.3 is 9.73 Å². The second-order valence-electron chi connectivity index (χ2n) is 4.03. The van der Waals surface area contributed by atoms with Crippen molar-refractivity contribution < 1.29 is 22.4 Å². The monoisotopic (exact) mass is 315 g/mol. The van der Waals surface area contributed by atoms with Crippen molar-refractivity contribution in [2.45, 2.75) is 6.18 Å². The Hall–Kier alpha value is -2.21. The number of rotatable bonds is 3. The van der Waals surface area contributed by atoms with Crippen molar-refractivity contribution >= 4 is 29.3 Å².